The minimum atomic E-state index is 0.485. The molecule has 9 nitrogen and oxygen atoms in total. The van der Waals surface area contributed by atoms with Gasteiger partial charge in [-0.15, -0.1) is 0 Å². The number of nitrogens with zero attached hydrogens (tertiary/aromatic N) is 7. The first kappa shape index (κ1) is 22.2. The fourth-order valence-corrected chi connectivity index (χ4v) is 4.73. The number of hydrogen-bond donors (Lipinski definition) is 1. The van der Waals surface area contributed by atoms with Gasteiger partial charge in [0, 0.05) is 48.8 Å². The summed E-state index contributed by atoms with van der Waals surface area (Å²) in [6.07, 6.45) is 6.53. The van der Waals surface area contributed by atoms with E-state index in [9.17, 15) is 0 Å². The van der Waals surface area contributed by atoms with E-state index in [1.54, 1.807) is 7.11 Å². The predicted molar refractivity (Wildman–Crippen MR) is 136 cm³/mol. The summed E-state index contributed by atoms with van der Waals surface area (Å²) in [6, 6.07) is 10.2. The minimum Gasteiger partial charge on any atom is -0.497 e. The van der Waals surface area contributed by atoms with E-state index in [0.29, 0.717) is 5.95 Å². The number of aromatic nitrogens is 4. The first-order chi connectivity index (χ1) is 16.6. The highest BCUT2D eigenvalue weighted by atomic mass is 16.5. The third-order valence-corrected chi connectivity index (χ3v) is 6.56. The van der Waals surface area contributed by atoms with E-state index in [0.717, 1.165) is 66.5 Å². The van der Waals surface area contributed by atoms with Gasteiger partial charge in [-0.25, -0.2) is 5.43 Å². The normalized spacial score (nSPS) is 16.1. The van der Waals surface area contributed by atoms with Crippen molar-refractivity contribution in [1.29, 1.82) is 0 Å². The Kier molecular flexibility index (Phi) is 6.33. The molecule has 2 saturated heterocycles. The smallest absolute Gasteiger partial charge is 0.250 e. The Hall–Kier alpha value is -3.62. The molecule has 2 aromatic heterocycles. The van der Waals surface area contributed by atoms with Crippen molar-refractivity contribution < 1.29 is 4.74 Å². The molecule has 3 aromatic rings. The van der Waals surface area contributed by atoms with E-state index in [4.69, 9.17) is 9.72 Å². The highest BCUT2D eigenvalue weighted by Crippen LogP contribution is 2.24. The summed E-state index contributed by atoms with van der Waals surface area (Å²) >= 11 is 0. The summed E-state index contributed by atoms with van der Waals surface area (Å²) < 4.78 is 7.50. The van der Waals surface area contributed by atoms with Crippen LogP contribution in [-0.2, 0) is 0 Å². The van der Waals surface area contributed by atoms with E-state index in [-0.39, 0.29) is 0 Å². The van der Waals surface area contributed by atoms with Crippen molar-refractivity contribution in [2.24, 2.45) is 5.10 Å². The van der Waals surface area contributed by atoms with Gasteiger partial charge in [0.25, 0.3) is 0 Å². The average molecular weight is 461 g/mol. The molecule has 9 heteroatoms. The molecule has 0 amide bonds. The maximum atomic E-state index is 5.29. The van der Waals surface area contributed by atoms with E-state index in [2.05, 4.69) is 66.9 Å². The first-order valence-corrected chi connectivity index (χ1v) is 12.0. The van der Waals surface area contributed by atoms with Crippen LogP contribution >= 0.6 is 0 Å². The Morgan fingerprint density at radius 1 is 0.882 bits per heavy atom. The second kappa shape index (κ2) is 9.70. The van der Waals surface area contributed by atoms with Gasteiger partial charge >= 0.3 is 0 Å². The van der Waals surface area contributed by atoms with Gasteiger partial charge in [-0.1, -0.05) is 0 Å². The van der Waals surface area contributed by atoms with Gasteiger partial charge in [-0.05, 0) is 69.9 Å². The summed E-state index contributed by atoms with van der Waals surface area (Å²) in [5.41, 5.74) is 7.43. The zero-order valence-corrected chi connectivity index (χ0v) is 20.2. The number of hydrogen-bond acceptors (Lipinski definition) is 8. The zero-order chi connectivity index (χ0) is 23.5. The molecule has 0 radical (unpaired) electrons. The van der Waals surface area contributed by atoms with E-state index in [1.807, 2.05) is 18.3 Å². The summed E-state index contributed by atoms with van der Waals surface area (Å²) in [4.78, 5) is 18.6. The molecule has 0 bridgehead atoms. The Bertz CT molecular complexity index is 1120. The Morgan fingerprint density at radius 3 is 2.03 bits per heavy atom. The van der Waals surface area contributed by atoms with Gasteiger partial charge in [0.2, 0.25) is 17.8 Å². The van der Waals surface area contributed by atoms with Crippen LogP contribution in [0.4, 0.5) is 17.8 Å². The fourth-order valence-electron chi connectivity index (χ4n) is 4.73. The topological polar surface area (TPSA) is 83.7 Å². The van der Waals surface area contributed by atoms with Crippen LogP contribution < -0.4 is 20.0 Å². The standard InChI is InChI=1S/C25H32N8O/c1-18-16-20(19(2)33(18)21-8-10-22(34-3)11-9-21)17-26-30-23-27-24(31-12-4-5-13-31)29-25(28-23)32-14-6-7-15-32/h8-11,16-17H,4-7,12-15H2,1-3H3,(H,27,28,29,30)/b26-17+. The quantitative estimate of drug-likeness (QED) is 0.422. The van der Waals surface area contributed by atoms with Crippen molar-refractivity contribution >= 4 is 24.1 Å². The van der Waals surface area contributed by atoms with Crippen LogP contribution in [0.2, 0.25) is 0 Å². The van der Waals surface area contributed by atoms with Gasteiger partial charge in [-0.2, -0.15) is 20.1 Å². The van der Waals surface area contributed by atoms with Crippen LogP contribution in [0.1, 0.15) is 42.6 Å². The van der Waals surface area contributed by atoms with Crippen LogP contribution in [0.15, 0.2) is 35.4 Å². The second-order valence-electron chi connectivity index (χ2n) is 8.88. The third-order valence-electron chi connectivity index (χ3n) is 6.56. The number of benzene rings is 1. The lowest BCUT2D eigenvalue weighted by atomic mass is 10.2. The maximum absolute atomic E-state index is 5.29. The van der Waals surface area contributed by atoms with E-state index in [1.165, 1.54) is 25.7 Å². The molecule has 5 rings (SSSR count). The van der Waals surface area contributed by atoms with E-state index >= 15 is 0 Å². The monoisotopic (exact) mass is 460 g/mol. The van der Waals surface area contributed by atoms with Gasteiger partial charge < -0.3 is 19.1 Å². The summed E-state index contributed by atoms with van der Waals surface area (Å²) in [5, 5.41) is 4.49. The predicted octanol–water partition coefficient (Wildman–Crippen LogP) is 3.93. The van der Waals surface area contributed by atoms with Crippen LogP contribution in [0.25, 0.3) is 5.69 Å². The van der Waals surface area contributed by atoms with Crippen LogP contribution in [-0.4, -0.2) is 59.0 Å². The van der Waals surface area contributed by atoms with Gasteiger partial charge in [-0.3, -0.25) is 0 Å². The van der Waals surface area contributed by atoms with Crippen molar-refractivity contribution in [1.82, 2.24) is 19.5 Å². The SMILES string of the molecule is COc1ccc(-n2c(C)cc(/C=N/Nc3nc(N4CCCC4)nc(N4CCCC4)n3)c2C)cc1. The van der Waals surface area contributed by atoms with Gasteiger partial charge in [0.15, 0.2) is 0 Å². The summed E-state index contributed by atoms with van der Waals surface area (Å²) in [5.74, 6) is 2.81. The third kappa shape index (κ3) is 4.55. The van der Waals surface area contributed by atoms with Crippen LogP contribution in [0.3, 0.4) is 0 Å². The van der Waals surface area contributed by atoms with Gasteiger partial charge in [0.05, 0.1) is 13.3 Å². The van der Waals surface area contributed by atoms with E-state index < -0.39 is 0 Å². The number of methoxy groups -OCH3 is 1. The van der Waals surface area contributed by atoms with Crippen molar-refractivity contribution in [2.45, 2.75) is 39.5 Å². The molecule has 2 fully saturated rings. The average Bonchev–Trinajstić information content (AvgIpc) is 3.62. The number of rotatable bonds is 7. The highest BCUT2D eigenvalue weighted by molar-refractivity contribution is 5.82. The molecule has 0 unspecified atom stereocenters. The number of ether oxygens (including phenoxy) is 1. The molecule has 0 atom stereocenters. The molecule has 2 aliphatic rings. The first-order valence-electron chi connectivity index (χ1n) is 12.0. The summed E-state index contributed by atoms with van der Waals surface area (Å²) in [7, 11) is 1.68. The largest absolute Gasteiger partial charge is 0.497 e. The Labute approximate surface area is 200 Å². The molecule has 1 N–H and O–H groups in total. The molecule has 0 saturated carbocycles. The lowest BCUT2D eigenvalue weighted by Gasteiger charge is -2.20. The lowest BCUT2D eigenvalue weighted by molar-refractivity contribution is 0.414. The molecule has 0 spiro atoms. The molecule has 2 aliphatic heterocycles. The van der Waals surface area contributed by atoms with Crippen LogP contribution in [0.5, 0.6) is 5.75 Å². The van der Waals surface area contributed by atoms with Crippen molar-refractivity contribution in [3.05, 3.63) is 47.3 Å². The number of aryl methyl sites for hydroxylation is 1. The molecular formula is C25H32N8O. The molecule has 1 aromatic carbocycles. The van der Waals surface area contributed by atoms with Crippen molar-refractivity contribution in [3.8, 4) is 11.4 Å². The van der Waals surface area contributed by atoms with Gasteiger partial charge in [0.1, 0.15) is 5.75 Å². The molecular weight excluding hydrogens is 428 g/mol. The van der Waals surface area contributed by atoms with Crippen molar-refractivity contribution in [2.75, 3.05) is 48.5 Å². The molecule has 0 aliphatic carbocycles. The molecule has 34 heavy (non-hydrogen) atoms. The minimum absolute atomic E-state index is 0.485. The fraction of sp³-hybridized carbons (Fsp3) is 0.440. The number of hydrazone groups is 1. The highest BCUT2D eigenvalue weighted by Gasteiger charge is 2.21. The molecule has 4 heterocycles. The Morgan fingerprint density at radius 2 is 1.47 bits per heavy atom. The number of nitrogens with one attached hydrogen (secondary N) is 1. The number of anilines is 3. The maximum Gasteiger partial charge on any atom is 0.250 e. The molecule has 178 valence electrons. The zero-order valence-electron chi connectivity index (χ0n) is 20.2. The van der Waals surface area contributed by atoms with Crippen molar-refractivity contribution in [3.63, 3.8) is 0 Å². The summed E-state index contributed by atoms with van der Waals surface area (Å²) in [6.45, 7) is 8.15. The second-order valence-corrected chi connectivity index (χ2v) is 8.88. The van der Waals surface area contributed by atoms with Crippen LogP contribution in [0, 0.1) is 13.8 Å². The lowest BCUT2D eigenvalue weighted by Crippen LogP contribution is -2.25. The Balaban J connectivity index is 1.37.